The van der Waals surface area contributed by atoms with Crippen LogP contribution >= 0.6 is 11.6 Å². The Hall–Kier alpha value is -1.87. The molecule has 4 heteroatoms. The zero-order valence-electron chi connectivity index (χ0n) is 10.9. The van der Waals surface area contributed by atoms with Crippen LogP contribution in [0.25, 0.3) is 0 Å². The van der Waals surface area contributed by atoms with E-state index >= 15 is 0 Å². The topological polar surface area (TPSA) is 42.0 Å². The zero-order chi connectivity index (χ0) is 13.8. The molecule has 19 heavy (non-hydrogen) atoms. The third-order valence-electron chi connectivity index (χ3n) is 2.82. The average molecular weight is 275 g/mol. The Bertz CT molecular complexity index is 598. The molecule has 2 rings (SSSR count). The Balaban J connectivity index is 2.11. The van der Waals surface area contributed by atoms with Crippen LogP contribution in [0.5, 0.6) is 0 Å². The molecule has 2 aromatic rings. The van der Waals surface area contributed by atoms with Gasteiger partial charge in [0, 0.05) is 10.7 Å². The molecule has 1 N–H and O–H groups in total. The summed E-state index contributed by atoms with van der Waals surface area (Å²) in [4.78, 5) is 16.3. The number of hydrogen-bond donors (Lipinski definition) is 1. The first kappa shape index (κ1) is 13.6. The number of hydrogen-bond acceptors (Lipinski definition) is 2. The maximum Gasteiger partial charge on any atom is 0.270 e. The quantitative estimate of drug-likeness (QED) is 0.930. The van der Waals surface area contributed by atoms with Gasteiger partial charge < -0.3 is 5.32 Å². The zero-order valence-corrected chi connectivity index (χ0v) is 11.6. The van der Waals surface area contributed by atoms with Crippen molar-refractivity contribution in [3.63, 3.8) is 0 Å². The number of amides is 1. The van der Waals surface area contributed by atoms with Crippen LogP contribution in [0.15, 0.2) is 42.5 Å². The highest BCUT2D eigenvalue weighted by atomic mass is 35.5. The molecule has 3 nitrogen and oxygen atoms in total. The molecular weight excluding hydrogens is 260 g/mol. The van der Waals surface area contributed by atoms with E-state index in [4.69, 9.17) is 11.6 Å². The van der Waals surface area contributed by atoms with Crippen molar-refractivity contribution >= 4 is 17.5 Å². The molecule has 0 radical (unpaired) electrons. The van der Waals surface area contributed by atoms with Crippen LogP contribution < -0.4 is 5.32 Å². The van der Waals surface area contributed by atoms with Gasteiger partial charge in [0.15, 0.2) is 0 Å². The summed E-state index contributed by atoms with van der Waals surface area (Å²) >= 11 is 5.94. The van der Waals surface area contributed by atoms with Crippen molar-refractivity contribution in [3.05, 3.63) is 64.4 Å². The first-order valence-electron chi connectivity index (χ1n) is 6.06. The van der Waals surface area contributed by atoms with Gasteiger partial charge in [-0.3, -0.25) is 4.79 Å². The Morgan fingerprint density at radius 2 is 2.00 bits per heavy atom. The summed E-state index contributed by atoms with van der Waals surface area (Å²) in [5.41, 5.74) is 2.21. The second kappa shape index (κ2) is 5.85. The predicted molar refractivity (Wildman–Crippen MR) is 76.3 cm³/mol. The number of rotatable bonds is 3. The highest BCUT2D eigenvalue weighted by Crippen LogP contribution is 2.17. The predicted octanol–water partition coefficient (Wildman–Crippen LogP) is 3.53. The van der Waals surface area contributed by atoms with E-state index in [-0.39, 0.29) is 11.9 Å². The van der Waals surface area contributed by atoms with Crippen LogP contribution in [0, 0.1) is 6.92 Å². The van der Waals surface area contributed by atoms with Crippen molar-refractivity contribution in [2.45, 2.75) is 19.9 Å². The fourth-order valence-electron chi connectivity index (χ4n) is 1.80. The molecule has 0 aliphatic heterocycles. The monoisotopic (exact) mass is 274 g/mol. The van der Waals surface area contributed by atoms with Crippen LogP contribution in [0.2, 0.25) is 5.02 Å². The Labute approximate surface area is 117 Å². The van der Waals surface area contributed by atoms with Gasteiger partial charge in [-0.25, -0.2) is 4.98 Å². The first-order valence-corrected chi connectivity index (χ1v) is 6.44. The van der Waals surface area contributed by atoms with Crippen LogP contribution in [-0.2, 0) is 0 Å². The van der Waals surface area contributed by atoms with Gasteiger partial charge in [0.05, 0.1) is 6.04 Å². The smallest absolute Gasteiger partial charge is 0.270 e. The molecule has 1 aromatic heterocycles. The largest absolute Gasteiger partial charge is 0.344 e. The first-order chi connectivity index (χ1) is 9.06. The third kappa shape index (κ3) is 3.55. The minimum absolute atomic E-state index is 0.117. The average Bonchev–Trinajstić information content (AvgIpc) is 2.38. The third-order valence-corrected chi connectivity index (χ3v) is 3.05. The molecule has 0 saturated heterocycles. The SMILES string of the molecule is Cc1cccc(C(=O)NC(C)c2cccc(Cl)c2)n1. The maximum atomic E-state index is 12.1. The lowest BCUT2D eigenvalue weighted by atomic mass is 10.1. The Morgan fingerprint density at radius 3 is 2.68 bits per heavy atom. The molecule has 98 valence electrons. The number of benzene rings is 1. The van der Waals surface area contributed by atoms with Crippen molar-refractivity contribution < 1.29 is 4.79 Å². The molecule has 0 bridgehead atoms. The lowest BCUT2D eigenvalue weighted by molar-refractivity contribution is 0.0934. The molecule has 1 heterocycles. The van der Waals surface area contributed by atoms with Gasteiger partial charge in [-0.05, 0) is 43.7 Å². The summed E-state index contributed by atoms with van der Waals surface area (Å²) in [6.07, 6.45) is 0. The standard InChI is InChI=1S/C15H15ClN2O/c1-10-5-3-8-14(17-10)15(19)18-11(2)12-6-4-7-13(16)9-12/h3-9,11H,1-2H3,(H,18,19). The minimum atomic E-state index is -0.184. The lowest BCUT2D eigenvalue weighted by Crippen LogP contribution is -2.27. The fraction of sp³-hybridized carbons (Fsp3) is 0.200. The number of halogens is 1. The van der Waals surface area contributed by atoms with E-state index < -0.39 is 0 Å². The maximum absolute atomic E-state index is 12.1. The number of nitrogens with zero attached hydrogens (tertiary/aromatic N) is 1. The van der Waals surface area contributed by atoms with E-state index in [1.807, 2.05) is 50.2 Å². The van der Waals surface area contributed by atoms with E-state index in [9.17, 15) is 4.79 Å². The van der Waals surface area contributed by atoms with Crippen molar-refractivity contribution in [2.24, 2.45) is 0 Å². The molecule has 1 amide bonds. The molecule has 1 atom stereocenters. The molecule has 1 aromatic carbocycles. The van der Waals surface area contributed by atoms with E-state index in [0.29, 0.717) is 10.7 Å². The Morgan fingerprint density at radius 1 is 1.26 bits per heavy atom. The highest BCUT2D eigenvalue weighted by Gasteiger charge is 2.12. The summed E-state index contributed by atoms with van der Waals surface area (Å²) in [6.45, 7) is 3.77. The summed E-state index contributed by atoms with van der Waals surface area (Å²) in [6, 6.07) is 12.7. The van der Waals surface area contributed by atoms with Gasteiger partial charge in [-0.2, -0.15) is 0 Å². The molecule has 1 unspecified atom stereocenters. The van der Waals surface area contributed by atoms with Gasteiger partial charge in [0.1, 0.15) is 5.69 Å². The summed E-state index contributed by atoms with van der Waals surface area (Å²) < 4.78 is 0. The van der Waals surface area contributed by atoms with Gasteiger partial charge in [-0.1, -0.05) is 29.8 Å². The second-order valence-corrected chi connectivity index (χ2v) is 4.85. The summed E-state index contributed by atoms with van der Waals surface area (Å²) in [5, 5.41) is 3.57. The fourth-order valence-corrected chi connectivity index (χ4v) is 2.00. The molecule has 0 aliphatic carbocycles. The van der Waals surface area contributed by atoms with Gasteiger partial charge in [-0.15, -0.1) is 0 Å². The molecule has 0 spiro atoms. The van der Waals surface area contributed by atoms with Crippen LogP contribution in [0.4, 0.5) is 0 Å². The number of nitrogens with one attached hydrogen (secondary N) is 1. The minimum Gasteiger partial charge on any atom is -0.344 e. The van der Waals surface area contributed by atoms with Crippen molar-refractivity contribution in [1.29, 1.82) is 0 Å². The lowest BCUT2D eigenvalue weighted by Gasteiger charge is -2.14. The van der Waals surface area contributed by atoms with Gasteiger partial charge in [0.2, 0.25) is 0 Å². The van der Waals surface area contributed by atoms with E-state index in [2.05, 4.69) is 10.3 Å². The van der Waals surface area contributed by atoms with Crippen LogP contribution in [0.1, 0.15) is 34.7 Å². The van der Waals surface area contributed by atoms with E-state index in [1.54, 1.807) is 6.07 Å². The second-order valence-electron chi connectivity index (χ2n) is 4.41. The summed E-state index contributed by atoms with van der Waals surface area (Å²) in [7, 11) is 0. The molecule has 0 saturated carbocycles. The van der Waals surface area contributed by atoms with Gasteiger partial charge in [0.25, 0.3) is 5.91 Å². The van der Waals surface area contributed by atoms with E-state index in [0.717, 1.165) is 11.3 Å². The van der Waals surface area contributed by atoms with Crippen LogP contribution in [-0.4, -0.2) is 10.9 Å². The molecular formula is C15H15ClN2O. The number of carbonyl (C=O) groups excluding carboxylic acids is 1. The molecule has 0 fully saturated rings. The van der Waals surface area contributed by atoms with Crippen molar-refractivity contribution in [1.82, 2.24) is 10.3 Å². The number of aromatic nitrogens is 1. The highest BCUT2D eigenvalue weighted by molar-refractivity contribution is 6.30. The van der Waals surface area contributed by atoms with Crippen molar-refractivity contribution in [3.8, 4) is 0 Å². The number of carbonyl (C=O) groups is 1. The summed E-state index contributed by atoms with van der Waals surface area (Å²) in [5.74, 6) is -0.184. The van der Waals surface area contributed by atoms with E-state index in [1.165, 1.54) is 0 Å². The Kier molecular flexibility index (Phi) is 4.17. The number of pyridine rings is 1. The number of aryl methyl sites for hydroxylation is 1. The normalized spacial score (nSPS) is 11.9. The van der Waals surface area contributed by atoms with Gasteiger partial charge >= 0.3 is 0 Å². The molecule has 0 aliphatic rings. The van der Waals surface area contributed by atoms with Crippen LogP contribution in [0.3, 0.4) is 0 Å². The van der Waals surface area contributed by atoms with Crippen molar-refractivity contribution in [2.75, 3.05) is 0 Å².